The van der Waals surface area contributed by atoms with E-state index in [1.54, 1.807) is 0 Å². The van der Waals surface area contributed by atoms with Gasteiger partial charge >= 0.3 is 0 Å². The lowest BCUT2D eigenvalue weighted by Crippen LogP contribution is -2.16. The number of hydrogen-bond donors (Lipinski definition) is 1. The van der Waals surface area contributed by atoms with E-state index in [0.717, 1.165) is 19.3 Å². The van der Waals surface area contributed by atoms with Gasteiger partial charge in [0.1, 0.15) is 0 Å². The van der Waals surface area contributed by atoms with Gasteiger partial charge in [0.2, 0.25) is 0 Å². The minimum atomic E-state index is 0.218. The molecule has 1 nitrogen and oxygen atoms in total. The second-order valence-corrected chi connectivity index (χ2v) is 5.47. The first-order valence-electron chi connectivity index (χ1n) is 6.04. The summed E-state index contributed by atoms with van der Waals surface area (Å²) in [5.74, 6) is 0. The molecule has 0 amide bonds. The molecule has 1 aliphatic rings. The Balaban J connectivity index is 2.11. The van der Waals surface area contributed by atoms with E-state index in [9.17, 15) is 0 Å². The van der Waals surface area contributed by atoms with E-state index in [2.05, 4.69) is 6.08 Å². The van der Waals surface area contributed by atoms with Gasteiger partial charge in [-0.1, -0.05) is 47.3 Å². The first kappa shape index (κ1) is 12.9. The maximum atomic E-state index is 6.02. The van der Waals surface area contributed by atoms with Gasteiger partial charge in [0.25, 0.3) is 0 Å². The maximum absolute atomic E-state index is 6.02. The topological polar surface area (TPSA) is 26.0 Å². The van der Waals surface area contributed by atoms with Crippen molar-refractivity contribution in [3.63, 3.8) is 0 Å². The molecule has 1 atom stereocenters. The molecule has 0 aromatic heterocycles. The van der Waals surface area contributed by atoms with Crippen LogP contribution in [0.2, 0.25) is 10.0 Å². The van der Waals surface area contributed by atoms with Gasteiger partial charge in [0.05, 0.1) is 10.0 Å². The van der Waals surface area contributed by atoms with Crippen LogP contribution < -0.4 is 5.73 Å². The highest BCUT2D eigenvalue weighted by Gasteiger charge is 2.09. The molecular weight excluding hydrogens is 253 g/mol. The molecule has 0 heterocycles. The van der Waals surface area contributed by atoms with Crippen molar-refractivity contribution in [3.8, 4) is 0 Å². The number of halogens is 2. The third-order valence-electron chi connectivity index (χ3n) is 3.15. The summed E-state index contributed by atoms with van der Waals surface area (Å²) >= 11 is 11.9. The van der Waals surface area contributed by atoms with Crippen molar-refractivity contribution in [2.24, 2.45) is 5.73 Å². The highest BCUT2D eigenvalue weighted by molar-refractivity contribution is 6.42. The number of benzene rings is 1. The van der Waals surface area contributed by atoms with Gasteiger partial charge in [-0.05, 0) is 43.4 Å². The molecule has 0 radical (unpaired) electrons. The Labute approximate surface area is 113 Å². The fraction of sp³-hybridized carbons (Fsp3) is 0.429. The SMILES string of the molecule is NC1C=C(Cc2ccc(Cl)c(Cl)c2)CCCC1. The lowest BCUT2D eigenvalue weighted by atomic mass is 10.0. The van der Waals surface area contributed by atoms with Gasteiger partial charge < -0.3 is 5.73 Å². The van der Waals surface area contributed by atoms with Crippen molar-refractivity contribution in [2.45, 2.75) is 38.1 Å². The highest BCUT2D eigenvalue weighted by atomic mass is 35.5. The van der Waals surface area contributed by atoms with E-state index in [-0.39, 0.29) is 6.04 Å². The average molecular weight is 270 g/mol. The van der Waals surface area contributed by atoms with E-state index in [1.165, 1.54) is 24.0 Å². The fourth-order valence-corrected chi connectivity index (χ4v) is 2.58. The Kier molecular flexibility index (Phi) is 4.49. The minimum Gasteiger partial charge on any atom is -0.324 e. The fourth-order valence-electron chi connectivity index (χ4n) is 2.26. The predicted octanol–water partition coefficient (Wildman–Crippen LogP) is 4.36. The molecule has 2 rings (SSSR count). The Morgan fingerprint density at radius 1 is 1.18 bits per heavy atom. The molecular formula is C14H17Cl2N. The van der Waals surface area contributed by atoms with E-state index in [0.29, 0.717) is 10.0 Å². The van der Waals surface area contributed by atoms with Gasteiger partial charge in [-0.2, -0.15) is 0 Å². The zero-order chi connectivity index (χ0) is 12.3. The Morgan fingerprint density at radius 2 is 2.00 bits per heavy atom. The maximum Gasteiger partial charge on any atom is 0.0595 e. The minimum absolute atomic E-state index is 0.218. The summed E-state index contributed by atoms with van der Waals surface area (Å²) in [5.41, 5.74) is 8.64. The molecule has 0 fully saturated rings. The Hall–Kier alpha value is -0.500. The normalized spacial score (nSPS) is 20.9. The molecule has 0 spiro atoms. The second-order valence-electron chi connectivity index (χ2n) is 4.66. The summed E-state index contributed by atoms with van der Waals surface area (Å²) in [6, 6.07) is 6.05. The molecule has 2 N–H and O–H groups in total. The Bertz CT molecular complexity index is 426. The van der Waals surface area contributed by atoms with Crippen LogP contribution in [0.4, 0.5) is 0 Å². The van der Waals surface area contributed by atoms with E-state index >= 15 is 0 Å². The van der Waals surface area contributed by atoms with Crippen LogP contribution in [-0.2, 0) is 6.42 Å². The van der Waals surface area contributed by atoms with Gasteiger partial charge in [-0.15, -0.1) is 0 Å². The largest absolute Gasteiger partial charge is 0.324 e. The van der Waals surface area contributed by atoms with Crippen LogP contribution in [0.3, 0.4) is 0 Å². The average Bonchev–Trinajstić information content (AvgIpc) is 2.48. The molecule has 0 bridgehead atoms. The summed E-state index contributed by atoms with van der Waals surface area (Å²) in [5, 5.41) is 1.24. The highest BCUT2D eigenvalue weighted by Crippen LogP contribution is 2.26. The second kappa shape index (κ2) is 5.90. The van der Waals surface area contributed by atoms with E-state index in [4.69, 9.17) is 28.9 Å². The number of hydrogen-bond acceptors (Lipinski definition) is 1. The quantitative estimate of drug-likeness (QED) is 0.794. The monoisotopic (exact) mass is 269 g/mol. The Morgan fingerprint density at radius 3 is 2.76 bits per heavy atom. The van der Waals surface area contributed by atoms with Crippen molar-refractivity contribution < 1.29 is 0 Å². The van der Waals surface area contributed by atoms with Crippen LogP contribution in [0.5, 0.6) is 0 Å². The third kappa shape index (κ3) is 3.74. The van der Waals surface area contributed by atoms with Crippen molar-refractivity contribution in [3.05, 3.63) is 45.5 Å². The zero-order valence-corrected chi connectivity index (χ0v) is 11.3. The van der Waals surface area contributed by atoms with Gasteiger partial charge in [-0.25, -0.2) is 0 Å². The van der Waals surface area contributed by atoms with Gasteiger partial charge in [-0.3, -0.25) is 0 Å². The first-order valence-corrected chi connectivity index (χ1v) is 6.80. The van der Waals surface area contributed by atoms with Crippen LogP contribution in [-0.4, -0.2) is 6.04 Å². The van der Waals surface area contributed by atoms with Crippen molar-refractivity contribution in [1.29, 1.82) is 0 Å². The van der Waals surface area contributed by atoms with Gasteiger partial charge in [0.15, 0.2) is 0 Å². The molecule has 17 heavy (non-hydrogen) atoms. The van der Waals surface area contributed by atoms with Crippen molar-refractivity contribution >= 4 is 23.2 Å². The molecule has 1 aliphatic carbocycles. The molecule has 92 valence electrons. The summed E-state index contributed by atoms with van der Waals surface area (Å²) in [7, 11) is 0. The van der Waals surface area contributed by atoms with Crippen molar-refractivity contribution in [1.82, 2.24) is 0 Å². The number of allylic oxidation sites excluding steroid dienone is 1. The van der Waals surface area contributed by atoms with Crippen LogP contribution in [0.1, 0.15) is 31.2 Å². The third-order valence-corrected chi connectivity index (χ3v) is 3.89. The molecule has 0 saturated heterocycles. The molecule has 1 aromatic carbocycles. The number of rotatable bonds is 2. The standard InChI is InChI=1S/C14H17Cl2N/c15-13-6-5-11(9-14(13)16)7-10-3-1-2-4-12(17)8-10/h5-6,8-9,12H,1-4,7,17H2. The van der Waals surface area contributed by atoms with Crippen LogP contribution in [0, 0.1) is 0 Å². The summed E-state index contributed by atoms with van der Waals surface area (Å²) in [6.45, 7) is 0. The number of nitrogens with two attached hydrogens (primary N) is 1. The van der Waals surface area contributed by atoms with Crippen LogP contribution >= 0.6 is 23.2 Å². The molecule has 0 saturated carbocycles. The smallest absolute Gasteiger partial charge is 0.0595 e. The molecule has 0 aliphatic heterocycles. The predicted molar refractivity (Wildman–Crippen MR) is 74.7 cm³/mol. The van der Waals surface area contributed by atoms with Crippen LogP contribution in [0.15, 0.2) is 29.8 Å². The zero-order valence-electron chi connectivity index (χ0n) is 9.76. The first-order chi connectivity index (χ1) is 8.15. The van der Waals surface area contributed by atoms with E-state index < -0.39 is 0 Å². The summed E-state index contributed by atoms with van der Waals surface area (Å²) in [4.78, 5) is 0. The molecule has 1 aromatic rings. The lowest BCUT2D eigenvalue weighted by molar-refractivity contribution is 0.654. The molecule has 1 unspecified atom stereocenters. The summed E-state index contributed by atoms with van der Waals surface area (Å²) in [6.07, 6.45) is 7.86. The van der Waals surface area contributed by atoms with Crippen LogP contribution in [0.25, 0.3) is 0 Å². The lowest BCUT2D eigenvalue weighted by Gasteiger charge is -2.08. The summed E-state index contributed by atoms with van der Waals surface area (Å²) < 4.78 is 0. The van der Waals surface area contributed by atoms with E-state index in [1.807, 2.05) is 18.2 Å². The van der Waals surface area contributed by atoms with Gasteiger partial charge in [0, 0.05) is 6.04 Å². The molecule has 3 heteroatoms. The van der Waals surface area contributed by atoms with Crippen molar-refractivity contribution in [2.75, 3.05) is 0 Å².